The van der Waals surface area contributed by atoms with Gasteiger partial charge in [0.1, 0.15) is 5.82 Å². The van der Waals surface area contributed by atoms with E-state index in [1.807, 2.05) is 20.8 Å². The van der Waals surface area contributed by atoms with Crippen molar-refractivity contribution in [3.05, 3.63) is 36.5 Å². The van der Waals surface area contributed by atoms with Crippen molar-refractivity contribution in [1.82, 2.24) is 9.78 Å². The highest BCUT2D eigenvalue weighted by molar-refractivity contribution is 7.92. The van der Waals surface area contributed by atoms with Gasteiger partial charge >= 0.3 is 0 Å². The molecule has 0 radical (unpaired) electrons. The van der Waals surface area contributed by atoms with Crippen molar-refractivity contribution in [3.63, 3.8) is 0 Å². The summed E-state index contributed by atoms with van der Waals surface area (Å²) in [6.07, 6.45) is 1.58. The Morgan fingerprint density at radius 2 is 1.86 bits per heavy atom. The van der Waals surface area contributed by atoms with E-state index in [2.05, 4.69) is 15.1 Å². The first kappa shape index (κ1) is 15.4. The molecule has 0 fully saturated rings. The standard InChI is InChI=1S/C14H20N4O2S/c1-4-15-12-5-7-13(8-6-12)21(19,20)17-14-9-10-16-18(14)11(2)3/h5-11,15,17H,4H2,1-3H3. The first-order valence-electron chi connectivity index (χ1n) is 6.84. The van der Waals surface area contributed by atoms with Crippen LogP contribution in [0.1, 0.15) is 26.8 Å². The van der Waals surface area contributed by atoms with Crippen LogP contribution in [0, 0.1) is 0 Å². The normalized spacial score (nSPS) is 11.6. The molecule has 0 atom stereocenters. The van der Waals surface area contributed by atoms with E-state index < -0.39 is 10.0 Å². The number of hydrogen-bond donors (Lipinski definition) is 2. The summed E-state index contributed by atoms with van der Waals surface area (Å²) >= 11 is 0. The number of aromatic nitrogens is 2. The van der Waals surface area contributed by atoms with Gasteiger partial charge in [-0.05, 0) is 45.0 Å². The largest absolute Gasteiger partial charge is 0.385 e. The molecule has 1 heterocycles. The Morgan fingerprint density at radius 3 is 2.43 bits per heavy atom. The SMILES string of the molecule is CCNc1ccc(S(=O)(=O)Nc2ccnn2C(C)C)cc1. The van der Waals surface area contributed by atoms with Crippen LogP contribution in [-0.4, -0.2) is 24.7 Å². The summed E-state index contributed by atoms with van der Waals surface area (Å²) < 4.78 is 28.9. The Morgan fingerprint density at radius 1 is 1.19 bits per heavy atom. The van der Waals surface area contributed by atoms with Gasteiger partial charge in [0.2, 0.25) is 0 Å². The first-order valence-corrected chi connectivity index (χ1v) is 8.32. The fourth-order valence-corrected chi connectivity index (χ4v) is 3.01. The van der Waals surface area contributed by atoms with Gasteiger partial charge in [-0.15, -0.1) is 0 Å². The lowest BCUT2D eigenvalue weighted by atomic mass is 10.3. The van der Waals surface area contributed by atoms with Gasteiger partial charge in [0.15, 0.2) is 0 Å². The molecule has 0 unspecified atom stereocenters. The predicted molar refractivity (Wildman–Crippen MR) is 84.0 cm³/mol. The number of anilines is 2. The molecule has 0 aliphatic rings. The molecule has 2 aromatic rings. The van der Waals surface area contributed by atoms with E-state index in [1.165, 1.54) is 0 Å². The smallest absolute Gasteiger partial charge is 0.263 e. The minimum atomic E-state index is -3.61. The molecule has 2 N–H and O–H groups in total. The van der Waals surface area contributed by atoms with Crippen LogP contribution in [0.5, 0.6) is 0 Å². The number of hydrogen-bond acceptors (Lipinski definition) is 4. The number of nitrogens with zero attached hydrogens (tertiary/aromatic N) is 2. The Kier molecular flexibility index (Phi) is 4.52. The number of benzene rings is 1. The molecule has 0 aliphatic carbocycles. The van der Waals surface area contributed by atoms with E-state index in [4.69, 9.17) is 0 Å². The molecule has 21 heavy (non-hydrogen) atoms. The lowest BCUT2D eigenvalue weighted by molar-refractivity contribution is 0.539. The number of nitrogens with one attached hydrogen (secondary N) is 2. The highest BCUT2D eigenvalue weighted by atomic mass is 32.2. The van der Waals surface area contributed by atoms with E-state index in [9.17, 15) is 8.42 Å². The quantitative estimate of drug-likeness (QED) is 0.860. The van der Waals surface area contributed by atoms with Crippen LogP contribution in [0.25, 0.3) is 0 Å². The molecule has 0 bridgehead atoms. The van der Waals surface area contributed by atoms with Gasteiger partial charge in [-0.25, -0.2) is 13.1 Å². The Bertz CT molecular complexity index is 690. The average molecular weight is 308 g/mol. The fraction of sp³-hybridized carbons (Fsp3) is 0.357. The van der Waals surface area contributed by atoms with Crippen molar-refractivity contribution in [1.29, 1.82) is 0 Å². The van der Waals surface area contributed by atoms with Crippen molar-refractivity contribution in [2.45, 2.75) is 31.7 Å². The minimum Gasteiger partial charge on any atom is -0.385 e. The molecule has 1 aromatic heterocycles. The second-order valence-corrected chi connectivity index (χ2v) is 6.60. The maximum absolute atomic E-state index is 12.4. The summed E-state index contributed by atoms with van der Waals surface area (Å²) in [5.74, 6) is 0.459. The van der Waals surface area contributed by atoms with Crippen LogP contribution in [0.3, 0.4) is 0 Å². The summed E-state index contributed by atoms with van der Waals surface area (Å²) in [6.45, 7) is 6.66. The van der Waals surface area contributed by atoms with Crippen LogP contribution in [0.15, 0.2) is 41.4 Å². The first-order chi connectivity index (χ1) is 9.94. The lowest BCUT2D eigenvalue weighted by Crippen LogP contribution is -2.17. The zero-order chi connectivity index (χ0) is 15.5. The number of sulfonamides is 1. The van der Waals surface area contributed by atoms with Gasteiger partial charge in [0, 0.05) is 24.3 Å². The van der Waals surface area contributed by atoms with Crippen molar-refractivity contribution in [2.24, 2.45) is 0 Å². The molecule has 114 valence electrons. The molecular weight excluding hydrogens is 288 g/mol. The van der Waals surface area contributed by atoms with Crippen LogP contribution in [0.2, 0.25) is 0 Å². The highest BCUT2D eigenvalue weighted by Gasteiger charge is 2.17. The van der Waals surface area contributed by atoms with Gasteiger partial charge < -0.3 is 5.32 Å². The summed E-state index contributed by atoms with van der Waals surface area (Å²) in [4.78, 5) is 0.223. The van der Waals surface area contributed by atoms with Gasteiger partial charge in [0.05, 0.1) is 11.1 Å². The molecule has 6 nitrogen and oxygen atoms in total. The molecule has 7 heteroatoms. The maximum atomic E-state index is 12.4. The zero-order valence-electron chi connectivity index (χ0n) is 12.4. The molecular formula is C14H20N4O2S. The van der Waals surface area contributed by atoms with Crippen LogP contribution in [0.4, 0.5) is 11.5 Å². The minimum absolute atomic E-state index is 0.0776. The van der Waals surface area contributed by atoms with Crippen molar-refractivity contribution >= 4 is 21.5 Å². The zero-order valence-corrected chi connectivity index (χ0v) is 13.2. The molecule has 1 aromatic carbocycles. The number of rotatable bonds is 6. The molecule has 2 rings (SSSR count). The van der Waals surface area contributed by atoms with E-state index in [0.717, 1.165) is 12.2 Å². The Balaban J connectivity index is 2.23. The molecule has 0 spiro atoms. The van der Waals surface area contributed by atoms with Gasteiger partial charge in [0.25, 0.3) is 10.0 Å². The second kappa shape index (κ2) is 6.17. The van der Waals surface area contributed by atoms with Gasteiger partial charge in [-0.1, -0.05) is 0 Å². The fourth-order valence-electron chi connectivity index (χ4n) is 1.96. The van der Waals surface area contributed by atoms with E-state index in [1.54, 1.807) is 41.2 Å². The summed E-state index contributed by atoms with van der Waals surface area (Å²) in [5.41, 5.74) is 0.892. The monoisotopic (exact) mass is 308 g/mol. The highest BCUT2D eigenvalue weighted by Crippen LogP contribution is 2.20. The molecule has 0 saturated carbocycles. The van der Waals surface area contributed by atoms with Crippen molar-refractivity contribution < 1.29 is 8.42 Å². The Hall–Kier alpha value is -2.02. The predicted octanol–water partition coefficient (Wildman–Crippen LogP) is 2.70. The van der Waals surface area contributed by atoms with Gasteiger partial charge in [-0.2, -0.15) is 5.10 Å². The van der Waals surface area contributed by atoms with Crippen LogP contribution in [-0.2, 0) is 10.0 Å². The summed E-state index contributed by atoms with van der Waals surface area (Å²) in [7, 11) is -3.61. The van der Waals surface area contributed by atoms with Gasteiger partial charge in [-0.3, -0.25) is 4.72 Å². The molecule has 0 amide bonds. The second-order valence-electron chi connectivity index (χ2n) is 4.91. The Labute approximate surface area is 125 Å². The summed E-state index contributed by atoms with van der Waals surface area (Å²) in [5, 5.41) is 7.24. The third-order valence-electron chi connectivity index (χ3n) is 2.94. The van der Waals surface area contributed by atoms with E-state index in [-0.39, 0.29) is 10.9 Å². The third kappa shape index (κ3) is 3.55. The maximum Gasteiger partial charge on any atom is 0.263 e. The topological polar surface area (TPSA) is 76.0 Å². The third-order valence-corrected chi connectivity index (χ3v) is 4.31. The summed E-state index contributed by atoms with van der Waals surface area (Å²) in [6, 6.07) is 8.38. The van der Waals surface area contributed by atoms with Crippen LogP contribution >= 0.6 is 0 Å². The van der Waals surface area contributed by atoms with Crippen molar-refractivity contribution in [2.75, 3.05) is 16.6 Å². The van der Waals surface area contributed by atoms with Crippen LogP contribution < -0.4 is 10.0 Å². The molecule has 0 aliphatic heterocycles. The average Bonchev–Trinajstić information content (AvgIpc) is 2.87. The lowest BCUT2D eigenvalue weighted by Gasteiger charge is -2.13. The van der Waals surface area contributed by atoms with E-state index in [0.29, 0.717) is 5.82 Å². The van der Waals surface area contributed by atoms with Crippen molar-refractivity contribution in [3.8, 4) is 0 Å². The molecule has 0 saturated heterocycles. The van der Waals surface area contributed by atoms with E-state index >= 15 is 0 Å².